The summed E-state index contributed by atoms with van der Waals surface area (Å²) < 4.78 is 8.08. The van der Waals surface area contributed by atoms with E-state index in [-0.39, 0.29) is 0 Å². The van der Waals surface area contributed by atoms with Gasteiger partial charge in [0.05, 0.1) is 22.6 Å². The molecule has 1 fully saturated rings. The zero-order valence-corrected chi connectivity index (χ0v) is 21.3. The summed E-state index contributed by atoms with van der Waals surface area (Å²) in [4.78, 5) is 15.1. The molecule has 36 heavy (non-hydrogen) atoms. The Morgan fingerprint density at radius 2 is 2.03 bits per heavy atom. The zero-order valence-electron chi connectivity index (χ0n) is 21.3. The highest BCUT2D eigenvalue weighted by molar-refractivity contribution is 6.54. The van der Waals surface area contributed by atoms with Gasteiger partial charge in [0.2, 0.25) is 0 Å². The second-order valence-electron chi connectivity index (χ2n) is 9.60. The molecule has 0 spiro atoms. The quantitative estimate of drug-likeness (QED) is 0.427. The molecule has 1 aliphatic heterocycles. The molecular weight excluding hydrogens is 454 g/mol. The van der Waals surface area contributed by atoms with E-state index in [0.717, 1.165) is 74.0 Å². The first-order valence-electron chi connectivity index (χ1n) is 12.5. The van der Waals surface area contributed by atoms with Gasteiger partial charge < -0.3 is 24.8 Å². The van der Waals surface area contributed by atoms with Crippen LogP contribution in [-0.4, -0.2) is 114 Å². The first-order valence-corrected chi connectivity index (χ1v) is 12.5. The third kappa shape index (κ3) is 5.20. The number of ether oxygens (including phenoxy) is 1. The zero-order chi connectivity index (χ0) is 25.1. The first-order chi connectivity index (χ1) is 17.5. The molecule has 0 aromatic carbocycles. The molecule has 1 saturated heterocycles. The molecular formula is C26H35N9O. The lowest BCUT2D eigenvalue weighted by atomic mass is 9.98. The largest absolute Gasteiger partial charge is 0.490 e. The Morgan fingerprint density at radius 1 is 1.19 bits per heavy atom. The number of nitrogens with zero attached hydrogens (tertiary/aromatic N) is 6. The van der Waals surface area contributed by atoms with Gasteiger partial charge >= 0.3 is 0 Å². The van der Waals surface area contributed by atoms with E-state index in [2.05, 4.69) is 32.0 Å². The standard InChI is InChI=1S/C26H35N9O/c1-32(2)11-9-29-26-25(21-6-4-5-10-35(21)31-26)30-20-18-22(24-19(23(20)27)7-8-28-24)36-17-16-34-14-12-33(3)13-15-34/h4-8,10,18,27-28H,9,11-17H2,1-3H3,(H,29,31). The molecule has 0 radical (unpaired) electrons. The van der Waals surface area contributed by atoms with Crippen LogP contribution in [-0.2, 0) is 4.74 Å². The molecule has 10 nitrogen and oxygen atoms in total. The van der Waals surface area contributed by atoms with Gasteiger partial charge in [0.1, 0.15) is 18.1 Å². The average Bonchev–Trinajstić information content (AvgIpc) is 3.49. The second-order valence-corrected chi connectivity index (χ2v) is 9.60. The second kappa shape index (κ2) is 10.7. The van der Waals surface area contributed by atoms with Gasteiger partial charge in [-0.15, -0.1) is 5.10 Å². The number of hydrogen-bond acceptors (Lipinski definition) is 8. The molecule has 0 amide bonds. The number of anilines is 1. The van der Waals surface area contributed by atoms with Crippen molar-refractivity contribution in [3.63, 3.8) is 0 Å². The molecule has 3 N–H and O–H groups in total. The molecule has 3 aromatic heterocycles. The summed E-state index contributed by atoms with van der Waals surface area (Å²) in [7, 11) is 6.25. The van der Waals surface area contributed by atoms with E-state index in [1.165, 1.54) is 0 Å². The van der Waals surface area contributed by atoms with Crippen molar-refractivity contribution in [3.8, 4) is 0 Å². The Kier molecular flexibility index (Phi) is 7.17. The molecule has 190 valence electrons. The SMILES string of the molecule is CN(C)CCNc1nn2ccccc2c1N=C1C=C(OCCN2CCN(C)CC2)c2[nH]ccc2C1=N. The van der Waals surface area contributed by atoms with Crippen molar-refractivity contribution in [3.05, 3.63) is 54.0 Å². The minimum atomic E-state index is 0.368. The predicted molar refractivity (Wildman–Crippen MR) is 145 cm³/mol. The van der Waals surface area contributed by atoms with Crippen LogP contribution in [0.25, 0.3) is 11.3 Å². The Morgan fingerprint density at radius 3 is 2.83 bits per heavy atom. The van der Waals surface area contributed by atoms with Gasteiger partial charge in [-0.3, -0.25) is 10.3 Å². The van der Waals surface area contributed by atoms with Crippen LogP contribution in [0.2, 0.25) is 0 Å². The predicted octanol–water partition coefficient (Wildman–Crippen LogP) is 2.39. The number of likely N-dealkylation sites (N-methyl/N-ethyl adjacent to an activating group) is 2. The van der Waals surface area contributed by atoms with Gasteiger partial charge in [0.15, 0.2) is 5.82 Å². The van der Waals surface area contributed by atoms with Gasteiger partial charge in [0, 0.05) is 69.8 Å². The fourth-order valence-electron chi connectivity index (χ4n) is 4.48. The third-order valence-corrected chi connectivity index (χ3v) is 6.65. The van der Waals surface area contributed by atoms with Crippen LogP contribution in [0.15, 0.2) is 47.7 Å². The molecule has 10 heteroatoms. The molecule has 1 aliphatic carbocycles. The highest BCUT2D eigenvalue weighted by atomic mass is 16.5. The summed E-state index contributed by atoms with van der Waals surface area (Å²) in [6.45, 7) is 7.36. The fourth-order valence-corrected chi connectivity index (χ4v) is 4.48. The van der Waals surface area contributed by atoms with Crippen LogP contribution < -0.4 is 5.32 Å². The molecule has 0 saturated carbocycles. The maximum atomic E-state index is 8.85. The van der Waals surface area contributed by atoms with Crippen molar-refractivity contribution >= 4 is 34.2 Å². The van der Waals surface area contributed by atoms with Gasteiger partial charge in [-0.1, -0.05) is 6.07 Å². The molecule has 0 atom stereocenters. The summed E-state index contributed by atoms with van der Waals surface area (Å²) in [6, 6.07) is 7.83. The van der Waals surface area contributed by atoms with Crippen LogP contribution >= 0.6 is 0 Å². The lowest BCUT2D eigenvalue weighted by Gasteiger charge is -2.32. The molecule has 5 rings (SSSR count). The lowest BCUT2D eigenvalue weighted by molar-refractivity contribution is 0.127. The summed E-state index contributed by atoms with van der Waals surface area (Å²) >= 11 is 0. The highest BCUT2D eigenvalue weighted by Gasteiger charge is 2.25. The highest BCUT2D eigenvalue weighted by Crippen LogP contribution is 2.32. The van der Waals surface area contributed by atoms with Crippen molar-refractivity contribution in [2.24, 2.45) is 4.99 Å². The summed E-state index contributed by atoms with van der Waals surface area (Å²) in [5.74, 6) is 1.42. The number of H-pyrrole nitrogens is 1. The van der Waals surface area contributed by atoms with E-state index in [9.17, 15) is 0 Å². The number of aromatic amines is 1. The van der Waals surface area contributed by atoms with Gasteiger partial charge in [-0.25, -0.2) is 9.51 Å². The fraction of sp³-hybridized carbons (Fsp3) is 0.423. The minimum Gasteiger partial charge on any atom is -0.490 e. The molecule has 2 aliphatic rings. The van der Waals surface area contributed by atoms with Crippen molar-refractivity contribution < 1.29 is 4.74 Å². The van der Waals surface area contributed by atoms with E-state index in [0.29, 0.717) is 23.8 Å². The molecule has 0 unspecified atom stereocenters. The Bertz CT molecular complexity index is 1280. The van der Waals surface area contributed by atoms with Crippen molar-refractivity contribution in [1.29, 1.82) is 5.41 Å². The first kappa shape index (κ1) is 24.2. The van der Waals surface area contributed by atoms with Crippen LogP contribution in [0.5, 0.6) is 0 Å². The van der Waals surface area contributed by atoms with Gasteiger partial charge in [-0.05, 0) is 39.3 Å². The number of rotatable bonds is 9. The van der Waals surface area contributed by atoms with Crippen molar-refractivity contribution in [2.75, 3.05) is 78.9 Å². The number of hydrogen-bond donors (Lipinski definition) is 3. The summed E-state index contributed by atoms with van der Waals surface area (Å²) in [6.07, 6.45) is 5.64. The van der Waals surface area contributed by atoms with E-state index < -0.39 is 0 Å². The van der Waals surface area contributed by atoms with Crippen LogP contribution in [0.3, 0.4) is 0 Å². The molecule has 0 bridgehead atoms. The Labute approximate surface area is 211 Å². The number of nitrogens with one attached hydrogen (secondary N) is 3. The van der Waals surface area contributed by atoms with Crippen molar-refractivity contribution in [2.45, 2.75) is 0 Å². The number of aromatic nitrogens is 3. The average molecular weight is 490 g/mol. The summed E-state index contributed by atoms with van der Waals surface area (Å²) in [5, 5.41) is 17.0. The van der Waals surface area contributed by atoms with E-state index >= 15 is 0 Å². The van der Waals surface area contributed by atoms with E-state index in [4.69, 9.17) is 20.2 Å². The summed E-state index contributed by atoms with van der Waals surface area (Å²) in [5.41, 5.74) is 4.17. The van der Waals surface area contributed by atoms with Gasteiger partial charge in [0.25, 0.3) is 0 Å². The van der Waals surface area contributed by atoms with Crippen molar-refractivity contribution in [1.82, 2.24) is 29.3 Å². The lowest BCUT2D eigenvalue weighted by Crippen LogP contribution is -2.45. The Hall–Kier alpha value is -3.47. The monoisotopic (exact) mass is 489 g/mol. The third-order valence-electron chi connectivity index (χ3n) is 6.65. The normalized spacial score (nSPS) is 18.2. The van der Waals surface area contributed by atoms with Crippen LogP contribution in [0.1, 0.15) is 11.3 Å². The number of piperazine rings is 1. The van der Waals surface area contributed by atoms with Crippen LogP contribution in [0, 0.1) is 5.41 Å². The number of fused-ring (bicyclic) bond motifs is 2. The number of allylic oxidation sites excluding steroid dienone is 1. The number of aliphatic imine (C=N–C) groups is 1. The number of pyridine rings is 1. The minimum absolute atomic E-state index is 0.368. The maximum Gasteiger partial charge on any atom is 0.175 e. The van der Waals surface area contributed by atoms with Crippen LogP contribution in [0.4, 0.5) is 11.5 Å². The molecule has 4 heterocycles. The molecule has 3 aromatic rings. The smallest absolute Gasteiger partial charge is 0.175 e. The topological polar surface area (TPSA) is 100 Å². The van der Waals surface area contributed by atoms with E-state index in [1.807, 2.05) is 61.3 Å². The Balaban J connectivity index is 1.41. The van der Waals surface area contributed by atoms with Gasteiger partial charge in [-0.2, -0.15) is 0 Å². The maximum absolute atomic E-state index is 8.85. The van der Waals surface area contributed by atoms with E-state index in [1.54, 1.807) is 0 Å².